The molecule has 0 unspecified atom stereocenters. The van der Waals surface area contributed by atoms with Gasteiger partial charge >= 0.3 is 0 Å². The second-order valence-electron chi connectivity index (χ2n) is 3.36. The summed E-state index contributed by atoms with van der Waals surface area (Å²) in [5.74, 6) is 1.82. The largest absolute Gasteiger partial charge is 0.367 e. The van der Waals surface area contributed by atoms with Gasteiger partial charge in [0.05, 0.1) is 0 Å². The van der Waals surface area contributed by atoms with Gasteiger partial charge in [0, 0.05) is 17.8 Å². The van der Waals surface area contributed by atoms with Crippen LogP contribution in [0.3, 0.4) is 0 Å². The number of aromatic nitrogens is 2. The maximum Gasteiger partial charge on any atom is 0.130 e. The molecular formula is C9H13N3. The second kappa shape index (κ2) is 2.73. The van der Waals surface area contributed by atoms with E-state index in [2.05, 4.69) is 15.3 Å². The highest BCUT2D eigenvalue weighted by atomic mass is 15.1. The molecule has 0 amide bonds. The van der Waals surface area contributed by atoms with Crippen LogP contribution in [0.25, 0.3) is 0 Å². The Morgan fingerprint density at radius 1 is 1.33 bits per heavy atom. The average Bonchev–Trinajstić information content (AvgIpc) is 2.68. The minimum absolute atomic E-state index is 0.665. The van der Waals surface area contributed by atoms with Gasteiger partial charge in [-0.3, -0.25) is 0 Å². The molecule has 0 bridgehead atoms. The third-order valence-corrected chi connectivity index (χ3v) is 1.90. The van der Waals surface area contributed by atoms with Gasteiger partial charge < -0.3 is 5.32 Å². The monoisotopic (exact) mass is 163 g/mol. The van der Waals surface area contributed by atoms with Crippen molar-refractivity contribution in [3.05, 3.63) is 17.6 Å². The van der Waals surface area contributed by atoms with Crippen molar-refractivity contribution in [2.24, 2.45) is 0 Å². The predicted octanol–water partition coefficient (Wildman–Crippen LogP) is 1.67. The highest BCUT2D eigenvalue weighted by Crippen LogP contribution is 2.23. The number of nitrogens with one attached hydrogen (secondary N) is 1. The van der Waals surface area contributed by atoms with Crippen LogP contribution in [0.15, 0.2) is 6.07 Å². The molecule has 3 heteroatoms. The van der Waals surface area contributed by atoms with Crippen LogP contribution in [-0.4, -0.2) is 16.0 Å². The zero-order chi connectivity index (χ0) is 8.55. The first kappa shape index (κ1) is 7.53. The summed E-state index contributed by atoms with van der Waals surface area (Å²) in [4.78, 5) is 8.50. The number of nitrogens with zero attached hydrogens (tertiary/aromatic N) is 2. The lowest BCUT2D eigenvalue weighted by Gasteiger charge is -2.04. The molecule has 0 aromatic carbocycles. The first-order valence-corrected chi connectivity index (χ1v) is 4.33. The quantitative estimate of drug-likeness (QED) is 0.720. The van der Waals surface area contributed by atoms with Crippen molar-refractivity contribution >= 4 is 5.82 Å². The molecule has 64 valence electrons. The van der Waals surface area contributed by atoms with Crippen molar-refractivity contribution in [2.75, 3.05) is 5.32 Å². The lowest BCUT2D eigenvalue weighted by molar-refractivity contribution is 0.991. The van der Waals surface area contributed by atoms with Crippen LogP contribution in [0.2, 0.25) is 0 Å². The molecule has 1 N–H and O–H groups in total. The van der Waals surface area contributed by atoms with Gasteiger partial charge in [0.2, 0.25) is 0 Å². The Morgan fingerprint density at radius 2 is 2.08 bits per heavy atom. The molecule has 0 spiro atoms. The predicted molar refractivity (Wildman–Crippen MR) is 48.2 cm³/mol. The molecule has 1 heterocycles. The molecule has 12 heavy (non-hydrogen) atoms. The first-order chi connectivity index (χ1) is 5.74. The number of hydrogen-bond donors (Lipinski definition) is 1. The lowest BCUT2D eigenvalue weighted by atomic mass is 10.4. The summed E-state index contributed by atoms with van der Waals surface area (Å²) in [6.07, 6.45) is 2.56. The number of rotatable bonds is 2. The van der Waals surface area contributed by atoms with Gasteiger partial charge in [-0.05, 0) is 26.7 Å². The Morgan fingerprint density at radius 3 is 2.67 bits per heavy atom. The Kier molecular flexibility index (Phi) is 1.71. The van der Waals surface area contributed by atoms with Crippen molar-refractivity contribution in [2.45, 2.75) is 32.7 Å². The first-order valence-electron chi connectivity index (χ1n) is 4.33. The van der Waals surface area contributed by atoms with Gasteiger partial charge in [-0.2, -0.15) is 0 Å². The summed E-state index contributed by atoms with van der Waals surface area (Å²) >= 11 is 0. The van der Waals surface area contributed by atoms with E-state index in [0.29, 0.717) is 6.04 Å². The standard InChI is InChI=1S/C9H13N3/c1-6-5-9(11-7(2)10-6)12-8-3-4-8/h5,8H,3-4H2,1-2H3,(H,10,11,12). The fourth-order valence-electron chi connectivity index (χ4n) is 1.23. The molecule has 1 fully saturated rings. The maximum absolute atomic E-state index is 4.29. The topological polar surface area (TPSA) is 37.8 Å². The summed E-state index contributed by atoms with van der Waals surface area (Å²) < 4.78 is 0. The van der Waals surface area contributed by atoms with Crippen molar-refractivity contribution in [3.63, 3.8) is 0 Å². The van der Waals surface area contributed by atoms with E-state index >= 15 is 0 Å². The Bertz CT molecular complexity index is 272. The van der Waals surface area contributed by atoms with Crippen LogP contribution in [0.1, 0.15) is 24.4 Å². The number of aryl methyl sites for hydroxylation is 2. The number of anilines is 1. The molecular weight excluding hydrogens is 150 g/mol. The van der Waals surface area contributed by atoms with E-state index in [9.17, 15) is 0 Å². The Balaban J connectivity index is 2.18. The Hall–Kier alpha value is -1.12. The third kappa shape index (κ3) is 1.72. The van der Waals surface area contributed by atoms with E-state index < -0.39 is 0 Å². The van der Waals surface area contributed by atoms with Crippen LogP contribution in [0, 0.1) is 13.8 Å². The van der Waals surface area contributed by atoms with Gasteiger partial charge in [0.15, 0.2) is 0 Å². The van der Waals surface area contributed by atoms with E-state index in [0.717, 1.165) is 17.3 Å². The lowest BCUT2D eigenvalue weighted by Crippen LogP contribution is -2.05. The van der Waals surface area contributed by atoms with Crippen molar-refractivity contribution in [1.29, 1.82) is 0 Å². The molecule has 2 rings (SSSR count). The molecule has 0 aliphatic heterocycles. The summed E-state index contributed by atoms with van der Waals surface area (Å²) in [5, 5.41) is 3.35. The second-order valence-corrected chi connectivity index (χ2v) is 3.36. The molecule has 1 saturated carbocycles. The van der Waals surface area contributed by atoms with Crippen LogP contribution in [0.5, 0.6) is 0 Å². The van der Waals surface area contributed by atoms with Crippen LogP contribution in [-0.2, 0) is 0 Å². The zero-order valence-electron chi connectivity index (χ0n) is 7.46. The van der Waals surface area contributed by atoms with Gasteiger partial charge in [0.25, 0.3) is 0 Å². The summed E-state index contributed by atoms with van der Waals surface area (Å²) in [6, 6.07) is 2.66. The van der Waals surface area contributed by atoms with Gasteiger partial charge in [0.1, 0.15) is 11.6 Å². The molecule has 0 atom stereocenters. The molecule has 1 aromatic heterocycles. The van der Waals surface area contributed by atoms with Crippen molar-refractivity contribution in [3.8, 4) is 0 Å². The molecule has 1 aliphatic carbocycles. The molecule has 0 radical (unpaired) electrons. The van der Waals surface area contributed by atoms with E-state index in [1.54, 1.807) is 0 Å². The molecule has 3 nitrogen and oxygen atoms in total. The SMILES string of the molecule is Cc1cc(NC2CC2)nc(C)n1. The minimum atomic E-state index is 0.665. The van der Waals surface area contributed by atoms with Gasteiger partial charge in [-0.15, -0.1) is 0 Å². The summed E-state index contributed by atoms with van der Waals surface area (Å²) in [7, 11) is 0. The molecule has 1 aliphatic rings. The van der Waals surface area contributed by atoms with Gasteiger partial charge in [-0.25, -0.2) is 9.97 Å². The van der Waals surface area contributed by atoms with Gasteiger partial charge in [-0.1, -0.05) is 0 Å². The molecule has 1 aromatic rings. The normalized spacial score (nSPS) is 16.2. The van der Waals surface area contributed by atoms with E-state index in [1.807, 2.05) is 19.9 Å². The third-order valence-electron chi connectivity index (χ3n) is 1.90. The van der Waals surface area contributed by atoms with E-state index in [-0.39, 0.29) is 0 Å². The van der Waals surface area contributed by atoms with Crippen molar-refractivity contribution < 1.29 is 0 Å². The minimum Gasteiger partial charge on any atom is -0.367 e. The smallest absolute Gasteiger partial charge is 0.130 e. The molecule has 0 saturated heterocycles. The summed E-state index contributed by atoms with van der Waals surface area (Å²) in [6.45, 7) is 3.91. The summed E-state index contributed by atoms with van der Waals surface area (Å²) in [5.41, 5.74) is 1.03. The van der Waals surface area contributed by atoms with Crippen LogP contribution in [0.4, 0.5) is 5.82 Å². The number of hydrogen-bond acceptors (Lipinski definition) is 3. The average molecular weight is 163 g/mol. The zero-order valence-corrected chi connectivity index (χ0v) is 7.46. The maximum atomic E-state index is 4.29. The fraction of sp³-hybridized carbons (Fsp3) is 0.556. The van der Waals surface area contributed by atoms with E-state index in [1.165, 1.54) is 12.8 Å². The fourth-order valence-corrected chi connectivity index (χ4v) is 1.23. The highest BCUT2D eigenvalue weighted by Gasteiger charge is 2.21. The van der Waals surface area contributed by atoms with E-state index in [4.69, 9.17) is 0 Å². The van der Waals surface area contributed by atoms with Crippen LogP contribution < -0.4 is 5.32 Å². The highest BCUT2D eigenvalue weighted by molar-refractivity contribution is 5.38. The van der Waals surface area contributed by atoms with Crippen molar-refractivity contribution in [1.82, 2.24) is 9.97 Å². The van der Waals surface area contributed by atoms with Crippen LogP contribution >= 0.6 is 0 Å². The Labute approximate surface area is 72.2 Å².